The molecule has 6 aromatic carbocycles. The van der Waals surface area contributed by atoms with Crippen molar-refractivity contribution in [1.29, 1.82) is 0 Å². The predicted molar refractivity (Wildman–Crippen MR) is 195 cm³/mol. The molecule has 3 heterocycles. The highest BCUT2D eigenvalue weighted by Gasteiger charge is 2.18. The van der Waals surface area contributed by atoms with Crippen LogP contribution in [0, 0.1) is 0 Å². The second-order valence-corrected chi connectivity index (χ2v) is 11.6. The van der Waals surface area contributed by atoms with Crippen molar-refractivity contribution in [2.75, 3.05) is 0 Å². The first-order chi connectivity index (χ1) is 24.3. The zero-order valence-corrected chi connectivity index (χ0v) is 26.2. The summed E-state index contributed by atoms with van der Waals surface area (Å²) in [6.07, 6.45) is 0. The van der Waals surface area contributed by atoms with Crippen LogP contribution in [0.4, 0.5) is 0 Å². The molecule has 49 heavy (non-hydrogen) atoms. The Morgan fingerprint density at radius 1 is 0.286 bits per heavy atom. The Balaban J connectivity index is 1.24. The molecule has 7 nitrogen and oxygen atoms in total. The maximum atomic E-state index is 5.12. The molecule has 0 saturated carbocycles. The van der Waals surface area contributed by atoms with Gasteiger partial charge in [-0.25, -0.2) is 19.9 Å². The molecule has 7 heteroatoms. The molecule has 0 atom stereocenters. The highest BCUT2D eigenvalue weighted by atomic mass is 15.2. The zero-order chi connectivity index (χ0) is 32.6. The van der Waals surface area contributed by atoms with Gasteiger partial charge in [0.15, 0.2) is 29.1 Å². The minimum atomic E-state index is 0.546. The highest BCUT2D eigenvalue weighted by molar-refractivity contribution is 6.09. The van der Waals surface area contributed by atoms with E-state index in [-0.39, 0.29) is 0 Å². The van der Waals surface area contributed by atoms with Gasteiger partial charge in [-0.05, 0) is 18.2 Å². The average molecular weight is 630 g/mol. The second-order valence-electron chi connectivity index (χ2n) is 11.6. The van der Waals surface area contributed by atoms with Crippen molar-refractivity contribution < 1.29 is 0 Å². The molecule has 9 aromatic rings. The van der Waals surface area contributed by atoms with Crippen LogP contribution in [0.2, 0.25) is 0 Å². The maximum absolute atomic E-state index is 5.12. The van der Waals surface area contributed by atoms with Gasteiger partial charge in [0, 0.05) is 38.6 Å². The molecule has 0 spiro atoms. The van der Waals surface area contributed by atoms with E-state index in [9.17, 15) is 0 Å². The first-order valence-electron chi connectivity index (χ1n) is 16.1. The van der Waals surface area contributed by atoms with Crippen molar-refractivity contribution in [3.05, 3.63) is 164 Å². The van der Waals surface area contributed by atoms with Crippen molar-refractivity contribution in [1.82, 2.24) is 34.5 Å². The minimum Gasteiger partial charge on any atom is -0.278 e. The third kappa shape index (κ3) is 5.29. The van der Waals surface area contributed by atoms with Crippen molar-refractivity contribution >= 4 is 21.8 Å². The smallest absolute Gasteiger partial charge is 0.238 e. The van der Waals surface area contributed by atoms with Gasteiger partial charge in [0.25, 0.3) is 0 Å². The first kappa shape index (κ1) is 28.4. The lowest BCUT2D eigenvalue weighted by Crippen LogP contribution is -2.06. The van der Waals surface area contributed by atoms with E-state index in [1.165, 1.54) is 0 Å². The van der Waals surface area contributed by atoms with E-state index in [1.807, 2.05) is 127 Å². The Morgan fingerprint density at radius 2 is 0.612 bits per heavy atom. The van der Waals surface area contributed by atoms with E-state index in [2.05, 4.69) is 41.0 Å². The van der Waals surface area contributed by atoms with E-state index in [1.54, 1.807) is 0 Å². The fourth-order valence-electron chi connectivity index (χ4n) is 6.18. The molecule has 0 aliphatic rings. The summed E-state index contributed by atoms with van der Waals surface area (Å²) in [6, 6.07) is 54.7. The van der Waals surface area contributed by atoms with Crippen LogP contribution >= 0.6 is 0 Å². The zero-order valence-electron chi connectivity index (χ0n) is 26.2. The SMILES string of the molecule is c1ccc(-c2nc(-c3ccccc3)nc(-c3cccc(-c4nc(-c5ccccc5)nc(-n5c6ccccc6c6ccccc65)n4)c3)n2)cc1. The molecule has 230 valence electrons. The van der Waals surface area contributed by atoms with Gasteiger partial charge in [-0.15, -0.1) is 0 Å². The second kappa shape index (κ2) is 12.1. The fourth-order valence-corrected chi connectivity index (χ4v) is 6.18. The van der Waals surface area contributed by atoms with E-state index >= 15 is 0 Å². The molecule has 0 aliphatic heterocycles. The number of nitrogens with zero attached hydrogens (tertiary/aromatic N) is 7. The fraction of sp³-hybridized carbons (Fsp3) is 0. The third-order valence-corrected chi connectivity index (χ3v) is 8.51. The lowest BCUT2D eigenvalue weighted by Gasteiger charge is -2.12. The van der Waals surface area contributed by atoms with Crippen LogP contribution in [-0.4, -0.2) is 34.5 Å². The number of benzene rings is 6. The molecule has 0 unspecified atom stereocenters. The van der Waals surface area contributed by atoms with Crippen LogP contribution in [0.1, 0.15) is 0 Å². The Labute approximate surface area is 282 Å². The Bertz CT molecular complexity index is 2490. The average Bonchev–Trinajstić information content (AvgIpc) is 3.53. The molecule has 0 aliphatic carbocycles. The molecule has 0 fully saturated rings. The molecule has 0 radical (unpaired) electrons. The number of rotatable bonds is 6. The van der Waals surface area contributed by atoms with Crippen molar-refractivity contribution in [2.24, 2.45) is 0 Å². The molecule has 0 bridgehead atoms. The van der Waals surface area contributed by atoms with E-state index in [0.717, 1.165) is 49.6 Å². The van der Waals surface area contributed by atoms with Crippen molar-refractivity contribution in [2.45, 2.75) is 0 Å². The van der Waals surface area contributed by atoms with Gasteiger partial charge in [-0.3, -0.25) is 4.57 Å². The van der Waals surface area contributed by atoms with Gasteiger partial charge in [0.05, 0.1) is 11.0 Å². The molecule has 9 rings (SSSR count). The summed E-state index contributed by atoms with van der Waals surface area (Å²) in [5.74, 6) is 3.46. The monoisotopic (exact) mass is 629 g/mol. The minimum absolute atomic E-state index is 0.546. The van der Waals surface area contributed by atoms with Crippen LogP contribution < -0.4 is 0 Å². The van der Waals surface area contributed by atoms with Crippen molar-refractivity contribution in [3.8, 4) is 62.9 Å². The molecule has 0 N–H and O–H groups in total. The topological polar surface area (TPSA) is 82.3 Å². The predicted octanol–water partition coefficient (Wildman–Crippen LogP) is 9.49. The maximum Gasteiger partial charge on any atom is 0.238 e. The Kier molecular flexibility index (Phi) is 6.98. The van der Waals surface area contributed by atoms with Gasteiger partial charge >= 0.3 is 0 Å². The standard InChI is InChI=1S/C42H27N7/c1-4-15-28(16-5-1)37-43-38(29-17-6-2-7-18-29)45-40(44-37)31-21-14-22-32(27-31)41-46-39(30-19-8-3-9-20-30)47-42(48-41)49-35-25-12-10-23-33(35)34-24-11-13-26-36(34)49/h1-27H. The third-order valence-electron chi connectivity index (χ3n) is 8.51. The van der Waals surface area contributed by atoms with Crippen molar-refractivity contribution in [3.63, 3.8) is 0 Å². The Morgan fingerprint density at radius 3 is 1.06 bits per heavy atom. The van der Waals surface area contributed by atoms with Crippen LogP contribution in [0.25, 0.3) is 84.7 Å². The summed E-state index contributed by atoms with van der Waals surface area (Å²) in [5, 5.41) is 2.28. The number of para-hydroxylation sites is 2. The largest absolute Gasteiger partial charge is 0.278 e. The molecular formula is C42H27N7. The molecule has 0 amide bonds. The van der Waals surface area contributed by atoms with Gasteiger partial charge < -0.3 is 0 Å². The number of hydrogen-bond donors (Lipinski definition) is 0. The van der Waals surface area contributed by atoms with Gasteiger partial charge in [-0.1, -0.05) is 146 Å². The van der Waals surface area contributed by atoms with Crippen LogP contribution in [0.3, 0.4) is 0 Å². The van der Waals surface area contributed by atoms with E-state index in [0.29, 0.717) is 35.1 Å². The number of hydrogen-bond acceptors (Lipinski definition) is 6. The summed E-state index contributed by atoms with van der Waals surface area (Å²) >= 11 is 0. The quantitative estimate of drug-likeness (QED) is 0.182. The summed E-state index contributed by atoms with van der Waals surface area (Å²) in [4.78, 5) is 29.9. The number of fused-ring (bicyclic) bond motifs is 3. The van der Waals surface area contributed by atoms with Crippen LogP contribution in [0.15, 0.2) is 164 Å². The first-order valence-corrected chi connectivity index (χ1v) is 16.1. The van der Waals surface area contributed by atoms with Gasteiger partial charge in [0.1, 0.15) is 0 Å². The summed E-state index contributed by atoms with van der Waals surface area (Å²) in [7, 11) is 0. The van der Waals surface area contributed by atoms with Gasteiger partial charge in [-0.2, -0.15) is 9.97 Å². The lowest BCUT2D eigenvalue weighted by molar-refractivity contribution is 0.953. The summed E-state index contributed by atoms with van der Waals surface area (Å²) < 4.78 is 2.12. The van der Waals surface area contributed by atoms with Crippen LogP contribution in [0.5, 0.6) is 0 Å². The van der Waals surface area contributed by atoms with Gasteiger partial charge in [0.2, 0.25) is 5.95 Å². The summed E-state index contributed by atoms with van der Waals surface area (Å²) in [5.41, 5.74) is 6.44. The lowest BCUT2D eigenvalue weighted by atomic mass is 10.1. The highest BCUT2D eigenvalue weighted by Crippen LogP contribution is 2.33. The van der Waals surface area contributed by atoms with E-state index < -0.39 is 0 Å². The normalized spacial score (nSPS) is 11.3. The summed E-state index contributed by atoms with van der Waals surface area (Å²) in [6.45, 7) is 0. The van der Waals surface area contributed by atoms with E-state index in [4.69, 9.17) is 29.9 Å². The number of aromatic nitrogens is 7. The molecule has 3 aromatic heterocycles. The Hall–Kier alpha value is -6.86. The van der Waals surface area contributed by atoms with Crippen LogP contribution in [-0.2, 0) is 0 Å². The molecular weight excluding hydrogens is 603 g/mol. The molecule has 0 saturated heterocycles.